The second-order valence-electron chi connectivity index (χ2n) is 17.4. The summed E-state index contributed by atoms with van der Waals surface area (Å²) in [5.74, 6) is -5.88. The van der Waals surface area contributed by atoms with Crippen LogP contribution < -0.4 is 5.73 Å². The Balaban J connectivity index is 2.26. The molecular formula is C47H75NO17. The first kappa shape index (κ1) is 57.7. The van der Waals surface area contributed by atoms with E-state index in [0.717, 1.165) is 12.8 Å². The molecule has 18 heteroatoms. The van der Waals surface area contributed by atoms with Crippen LogP contribution in [-0.4, -0.2) is 166 Å². The van der Waals surface area contributed by atoms with Crippen LogP contribution in [0.4, 0.5) is 0 Å². The molecule has 1 fully saturated rings. The Kier molecular flexibility index (Phi) is 26.6. The zero-order chi connectivity index (χ0) is 48.8. The van der Waals surface area contributed by atoms with Gasteiger partial charge in [0.15, 0.2) is 6.29 Å². The molecule has 2 aliphatic rings. The summed E-state index contributed by atoms with van der Waals surface area (Å²) in [5, 5.41) is 116. The average molecular weight is 926 g/mol. The summed E-state index contributed by atoms with van der Waals surface area (Å²) in [4.78, 5) is 37.8. The number of hydrogen-bond donors (Lipinski definition) is 12. The molecule has 2 heterocycles. The van der Waals surface area contributed by atoms with Gasteiger partial charge in [-0.25, -0.2) is 0 Å². The number of hydrogen-bond acceptors (Lipinski definition) is 17. The van der Waals surface area contributed by atoms with Crippen LogP contribution in [-0.2, 0) is 28.6 Å². The lowest BCUT2D eigenvalue weighted by Crippen LogP contribution is -2.61. The number of carbonyl (C=O) groups is 3. The van der Waals surface area contributed by atoms with E-state index in [1.54, 1.807) is 44.2 Å². The number of cyclic esters (lactones) is 1. The Hall–Kier alpha value is -3.47. The number of allylic oxidation sites excluding steroid dienone is 10. The van der Waals surface area contributed by atoms with Crippen LogP contribution in [0.25, 0.3) is 0 Å². The van der Waals surface area contributed by atoms with E-state index >= 15 is 0 Å². The molecule has 0 radical (unpaired) electrons. The van der Waals surface area contributed by atoms with Crippen LogP contribution in [0.1, 0.15) is 91.9 Å². The van der Waals surface area contributed by atoms with Crippen molar-refractivity contribution in [1.82, 2.24) is 0 Å². The predicted octanol–water partition coefficient (Wildman–Crippen LogP) is 0.778. The third kappa shape index (κ3) is 21.4. The van der Waals surface area contributed by atoms with E-state index in [1.807, 2.05) is 43.4 Å². The molecule has 0 aromatic carbocycles. The summed E-state index contributed by atoms with van der Waals surface area (Å²) >= 11 is 0. The molecule has 1 saturated heterocycles. The number of aliphatic hydroxyl groups excluding tert-OH is 10. The maximum atomic E-state index is 12.9. The molecule has 0 aliphatic carbocycles. The average Bonchev–Trinajstić information content (AvgIpc) is 3.22. The molecule has 0 aromatic rings. The summed E-state index contributed by atoms with van der Waals surface area (Å²) in [5.41, 5.74) is 5.96. The monoisotopic (exact) mass is 926 g/mol. The van der Waals surface area contributed by atoms with Gasteiger partial charge in [0.05, 0.1) is 79.6 Å². The van der Waals surface area contributed by atoms with Gasteiger partial charge < -0.3 is 76.1 Å². The van der Waals surface area contributed by atoms with Crippen LogP contribution in [0, 0.1) is 17.8 Å². The van der Waals surface area contributed by atoms with Crippen molar-refractivity contribution in [2.45, 2.75) is 184 Å². The number of carboxylic acids is 1. The SMILES string of the molecule is C[C@@H]1[C@@H](O)[C@@H](C)C=CC=CCCC=CC=CC=CC=C[C@@H](O[C@@H]2O[C@H](C)[C@@H](O)[C@H](N)[C@@H]2O)C[C@H](O)[C@@H](C(=O)O)[C@H](O)CC(=O)C[C@H](O)[C@@H](O)CC[C@@H](O)C[C@@H](O)C[C@@H](O)CC(=O)O[C@@H]1C. The number of Topliss-reactive ketones (excluding diaryl/α,β-unsaturated/α-hetero) is 1. The summed E-state index contributed by atoms with van der Waals surface area (Å²) in [6, 6.07) is -1.15. The highest BCUT2D eigenvalue weighted by atomic mass is 16.7. The molecule has 2 aliphatic heterocycles. The summed E-state index contributed by atoms with van der Waals surface area (Å²) in [6.45, 7) is 6.73. The van der Waals surface area contributed by atoms with Crippen LogP contribution in [0.3, 0.4) is 0 Å². The summed E-state index contributed by atoms with van der Waals surface area (Å²) < 4.78 is 17.0. The van der Waals surface area contributed by atoms with E-state index in [4.69, 9.17) is 19.9 Å². The first-order valence-electron chi connectivity index (χ1n) is 22.4. The zero-order valence-corrected chi connectivity index (χ0v) is 37.8. The number of aliphatic carboxylic acids is 1. The Labute approximate surface area is 381 Å². The third-order valence-electron chi connectivity index (χ3n) is 11.7. The Morgan fingerprint density at radius 3 is 1.83 bits per heavy atom. The van der Waals surface area contributed by atoms with Gasteiger partial charge in [-0.3, -0.25) is 14.4 Å². The molecule has 0 amide bonds. The quantitative estimate of drug-likeness (QED) is 0.174. The standard InChI is InChI=1S/C47H75NO17/c1-27-17-15-13-11-9-7-5-6-8-10-12-14-16-18-35(65-47-45(60)42(48)44(59)30(4)64-47)26-39(56)41(46(61)62)38(55)24-34(52)23-37(54)36(53)20-19-31(49)21-32(50)22-33(51)25-40(57)63-29(3)28(2)43(27)58/h5-6,8,10-18,27-33,35-39,41-45,47,49-51,53-56,58-60H,7,9,19-26,48H2,1-4H3,(H,61,62)/t27-,28-,29+,30+,31+,32+,33+,35+,36-,37-,38+,39-,41-,42-,43-,44+,45-,47-/m0/s1. The fourth-order valence-electron chi connectivity index (χ4n) is 7.45. The minimum Gasteiger partial charge on any atom is -0.481 e. The molecule has 0 unspecified atom stereocenters. The van der Waals surface area contributed by atoms with Crippen LogP contribution in [0.2, 0.25) is 0 Å². The lowest BCUT2D eigenvalue weighted by atomic mass is 9.88. The van der Waals surface area contributed by atoms with E-state index in [2.05, 4.69) is 0 Å². The largest absolute Gasteiger partial charge is 0.481 e. The molecular weight excluding hydrogens is 851 g/mol. The molecule has 0 saturated carbocycles. The van der Waals surface area contributed by atoms with E-state index < -0.39 is 147 Å². The van der Waals surface area contributed by atoms with Gasteiger partial charge in [-0.1, -0.05) is 86.8 Å². The first-order valence-corrected chi connectivity index (χ1v) is 22.4. The van der Waals surface area contributed by atoms with Gasteiger partial charge in [0.1, 0.15) is 23.9 Å². The maximum absolute atomic E-state index is 12.9. The first-order chi connectivity index (χ1) is 30.6. The highest BCUT2D eigenvalue weighted by Crippen LogP contribution is 2.26. The molecule has 13 N–H and O–H groups in total. The minimum atomic E-state index is -1.95. The van der Waals surface area contributed by atoms with Crippen molar-refractivity contribution in [3.05, 3.63) is 72.9 Å². The van der Waals surface area contributed by atoms with Crippen molar-refractivity contribution >= 4 is 17.7 Å². The smallest absolute Gasteiger partial charge is 0.311 e. The number of ketones is 1. The van der Waals surface area contributed by atoms with Gasteiger partial charge in [0.25, 0.3) is 0 Å². The topological polar surface area (TPSA) is 327 Å². The van der Waals surface area contributed by atoms with Crippen molar-refractivity contribution in [3.63, 3.8) is 0 Å². The number of carbonyl (C=O) groups excluding carboxylic acids is 2. The Morgan fingerprint density at radius 1 is 0.615 bits per heavy atom. The minimum absolute atomic E-state index is 0.144. The molecule has 370 valence electrons. The molecule has 2 rings (SSSR count). The van der Waals surface area contributed by atoms with Gasteiger partial charge in [0.2, 0.25) is 0 Å². The van der Waals surface area contributed by atoms with E-state index in [0.29, 0.717) is 0 Å². The molecule has 0 spiro atoms. The number of rotatable bonds is 3. The van der Waals surface area contributed by atoms with Gasteiger partial charge in [-0.05, 0) is 52.4 Å². The predicted molar refractivity (Wildman–Crippen MR) is 238 cm³/mol. The summed E-state index contributed by atoms with van der Waals surface area (Å²) in [6.07, 6.45) is 0.848. The molecule has 18 nitrogen and oxygen atoms in total. The van der Waals surface area contributed by atoms with Crippen LogP contribution >= 0.6 is 0 Å². The van der Waals surface area contributed by atoms with Crippen molar-refractivity contribution in [1.29, 1.82) is 0 Å². The number of carboxylic acid groups (broad SMARTS) is 1. The van der Waals surface area contributed by atoms with E-state index in [-0.39, 0.29) is 31.6 Å². The molecule has 65 heavy (non-hydrogen) atoms. The zero-order valence-electron chi connectivity index (χ0n) is 37.8. The number of esters is 1. The fourth-order valence-corrected chi connectivity index (χ4v) is 7.45. The lowest BCUT2D eigenvalue weighted by Gasteiger charge is -2.41. The van der Waals surface area contributed by atoms with Crippen molar-refractivity contribution in [2.75, 3.05) is 0 Å². The van der Waals surface area contributed by atoms with Crippen LogP contribution in [0.5, 0.6) is 0 Å². The third-order valence-corrected chi connectivity index (χ3v) is 11.7. The number of nitrogens with two attached hydrogens (primary N) is 1. The van der Waals surface area contributed by atoms with E-state index in [1.165, 1.54) is 13.0 Å². The van der Waals surface area contributed by atoms with Crippen molar-refractivity contribution in [3.8, 4) is 0 Å². The van der Waals surface area contributed by atoms with Crippen LogP contribution in [0.15, 0.2) is 72.9 Å². The lowest BCUT2D eigenvalue weighted by molar-refractivity contribution is -0.277. The second kappa shape index (κ2) is 30.0. The Morgan fingerprint density at radius 2 is 1.18 bits per heavy atom. The molecule has 18 atom stereocenters. The van der Waals surface area contributed by atoms with Gasteiger partial charge >= 0.3 is 11.9 Å². The second-order valence-corrected chi connectivity index (χ2v) is 17.4. The maximum Gasteiger partial charge on any atom is 0.311 e. The highest BCUT2D eigenvalue weighted by Gasteiger charge is 2.43. The van der Waals surface area contributed by atoms with Gasteiger partial charge in [-0.2, -0.15) is 0 Å². The highest BCUT2D eigenvalue weighted by molar-refractivity contribution is 5.81. The molecule has 0 aromatic heterocycles. The van der Waals surface area contributed by atoms with Gasteiger partial charge in [0, 0.05) is 31.1 Å². The van der Waals surface area contributed by atoms with Gasteiger partial charge in [-0.15, -0.1) is 0 Å². The normalized spacial score (nSPS) is 39.6. The number of ether oxygens (including phenoxy) is 3. The Bertz CT molecular complexity index is 1600. The van der Waals surface area contributed by atoms with E-state index in [9.17, 15) is 70.6 Å². The number of aliphatic hydroxyl groups is 10. The fraction of sp³-hybridized carbons (Fsp3) is 0.681. The van der Waals surface area contributed by atoms with Crippen molar-refractivity contribution in [2.24, 2.45) is 23.5 Å². The van der Waals surface area contributed by atoms with Crippen molar-refractivity contribution < 1.29 is 84.8 Å². The molecule has 0 bridgehead atoms. The summed E-state index contributed by atoms with van der Waals surface area (Å²) in [7, 11) is 0.